The molecule has 0 bridgehead atoms. The second-order valence-electron chi connectivity index (χ2n) is 5.74. The number of rotatable bonds is 4. The van der Waals surface area contributed by atoms with E-state index < -0.39 is 5.54 Å². The maximum Gasteiger partial charge on any atom is 0.107 e. The number of para-hydroxylation sites is 1. The summed E-state index contributed by atoms with van der Waals surface area (Å²) >= 11 is 0. The first kappa shape index (κ1) is 13.9. The third kappa shape index (κ3) is 2.90. The van der Waals surface area contributed by atoms with E-state index in [-0.39, 0.29) is 0 Å². The van der Waals surface area contributed by atoms with Crippen molar-refractivity contribution in [3.05, 3.63) is 29.8 Å². The first-order chi connectivity index (χ1) is 9.07. The highest BCUT2D eigenvalue weighted by atomic mass is 15.1. The smallest absolute Gasteiger partial charge is 0.107 e. The lowest BCUT2D eigenvalue weighted by Crippen LogP contribution is -2.42. The second-order valence-corrected chi connectivity index (χ2v) is 5.74. The van der Waals surface area contributed by atoms with E-state index in [1.54, 1.807) is 0 Å². The van der Waals surface area contributed by atoms with Crippen molar-refractivity contribution in [2.75, 3.05) is 18.5 Å². The van der Waals surface area contributed by atoms with Gasteiger partial charge < -0.3 is 10.6 Å². The van der Waals surface area contributed by atoms with E-state index in [0.29, 0.717) is 5.92 Å². The molecule has 1 fully saturated rings. The molecule has 2 atom stereocenters. The van der Waals surface area contributed by atoms with Gasteiger partial charge in [0.25, 0.3) is 0 Å². The summed E-state index contributed by atoms with van der Waals surface area (Å²) in [6.45, 7) is 3.08. The average Bonchev–Trinajstić information content (AvgIpc) is 2.78. The quantitative estimate of drug-likeness (QED) is 0.902. The van der Waals surface area contributed by atoms with Crippen LogP contribution < -0.4 is 10.6 Å². The summed E-state index contributed by atoms with van der Waals surface area (Å²) in [5.74, 6) is 0.337. The maximum absolute atomic E-state index is 9.23. The molecule has 0 spiro atoms. The number of nitrogens with zero attached hydrogens (tertiary/aromatic N) is 2. The van der Waals surface area contributed by atoms with E-state index in [9.17, 15) is 5.26 Å². The first-order valence-corrected chi connectivity index (χ1v) is 7.04. The molecule has 0 heterocycles. The minimum atomic E-state index is -0.591. The Balaban J connectivity index is 1.96. The normalized spacial score (nSPS) is 26.1. The second kappa shape index (κ2) is 5.63. The summed E-state index contributed by atoms with van der Waals surface area (Å²) in [5.41, 5.74) is 8.14. The number of aryl methyl sites for hydroxylation is 1. The topological polar surface area (TPSA) is 53.0 Å². The van der Waals surface area contributed by atoms with Gasteiger partial charge in [-0.05, 0) is 43.7 Å². The minimum Gasteiger partial charge on any atom is -0.374 e. The summed E-state index contributed by atoms with van der Waals surface area (Å²) in [7, 11) is 2.11. The Morgan fingerprint density at radius 3 is 2.89 bits per heavy atom. The van der Waals surface area contributed by atoms with Crippen LogP contribution in [0.4, 0.5) is 5.69 Å². The zero-order chi connectivity index (χ0) is 13.9. The Morgan fingerprint density at radius 2 is 2.21 bits per heavy atom. The van der Waals surface area contributed by atoms with Crippen LogP contribution in [0.5, 0.6) is 0 Å². The Morgan fingerprint density at radius 1 is 1.47 bits per heavy atom. The molecule has 0 radical (unpaired) electrons. The maximum atomic E-state index is 9.23. The fraction of sp³-hybridized carbons (Fsp3) is 0.562. The van der Waals surface area contributed by atoms with Crippen LogP contribution >= 0.6 is 0 Å². The van der Waals surface area contributed by atoms with Gasteiger partial charge in [-0.15, -0.1) is 0 Å². The van der Waals surface area contributed by atoms with Crippen LogP contribution in [-0.2, 0) is 0 Å². The van der Waals surface area contributed by atoms with Crippen LogP contribution in [-0.4, -0.2) is 19.1 Å². The largest absolute Gasteiger partial charge is 0.374 e. The summed E-state index contributed by atoms with van der Waals surface area (Å²) < 4.78 is 0. The van der Waals surface area contributed by atoms with Gasteiger partial charge in [0.2, 0.25) is 0 Å². The molecule has 2 N–H and O–H groups in total. The fourth-order valence-corrected chi connectivity index (χ4v) is 3.11. The molecule has 1 saturated carbocycles. The van der Waals surface area contributed by atoms with Crippen molar-refractivity contribution in [2.45, 2.75) is 38.1 Å². The number of nitriles is 1. The summed E-state index contributed by atoms with van der Waals surface area (Å²) in [4.78, 5) is 2.27. The van der Waals surface area contributed by atoms with Gasteiger partial charge in [-0.2, -0.15) is 5.26 Å². The van der Waals surface area contributed by atoms with Crippen molar-refractivity contribution in [1.82, 2.24) is 0 Å². The molecule has 0 aliphatic heterocycles. The molecule has 1 aromatic carbocycles. The van der Waals surface area contributed by atoms with E-state index in [4.69, 9.17) is 5.73 Å². The first-order valence-electron chi connectivity index (χ1n) is 7.04. The number of anilines is 1. The molecule has 2 rings (SSSR count). The Bertz CT molecular complexity index is 477. The zero-order valence-electron chi connectivity index (χ0n) is 11.9. The van der Waals surface area contributed by atoms with Crippen LogP contribution in [0.3, 0.4) is 0 Å². The van der Waals surface area contributed by atoms with Crippen LogP contribution in [0.25, 0.3) is 0 Å². The van der Waals surface area contributed by atoms with Crippen LogP contribution in [0.15, 0.2) is 24.3 Å². The van der Waals surface area contributed by atoms with E-state index in [1.807, 2.05) is 0 Å². The Labute approximate surface area is 116 Å². The standard InChI is InChI=1S/C16H23N3/c1-13-6-3-4-8-15(13)19(2)11-9-14-7-5-10-16(14,18)12-17/h3-4,6,8,14H,5,7,9-11,18H2,1-2H3. The molecule has 0 saturated heterocycles. The molecule has 19 heavy (non-hydrogen) atoms. The van der Waals surface area contributed by atoms with Gasteiger partial charge in [-0.3, -0.25) is 0 Å². The summed E-state index contributed by atoms with van der Waals surface area (Å²) in [5, 5.41) is 9.23. The summed E-state index contributed by atoms with van der Waals surface area (Å²) in [6, 6.07) is 10.7. The third-order valence-electron chi connectivity index (χ3n) is 4.42. The van der Waals surface area contributed by atoms with Crippen molar-refractivity contribution in [2.24, 2.45) is 11.7 Å². The van der Waals surface area contributed by atoms with E-state index in [2.05, 4.69) is 49.2 Å². The molecule has 2 unspecified atom stereocenters. The zero-order valence-corrected chi connectivity index (χ0v) is 11.9. The van der Waals surface area contributed by atoms with Gasteiger partial charge in [0.15, 0.2) is 0 Å². The van der Waals surface area contributed by atoms with Crippen LogP contribution in [0, 0.1) is 24.2 Å². The molecule has 102 valence electrons. The van der Waals surface area contributed by atoms with Crippen molar-refractivity contribution in [1.29, 1.82) is 5.26 Å². The SMILES string of the molecule is Cc1ccccc1N(C)CCC1CCCC1(N)C#N. The molecular formula is C16H23N3. The van der Waals surface area contributed by atoms with Gasteiger partial charge >= 0.3 is 0 Å². The predicted octanol–water partition coefficient (Wildman–Crippen LogP) is 2.84. The molecule has 0 aromatic heterocycles. The van der Waals surface area contributed by atoms with Gasteiger partial charge in [-0.25, -0.2) is 0 Å². The predicted molar refractivity (Wildman–Crippen MR) is 78.9 cm³/mol. The molecule has 1 aromatic rings. The molecule has 1 aliphatic rings. The van der Waals surface area contributed by atoms with E-state index >= 15 is 0 Å². The highest BCUT2D eigenvalue weighted by molar-refractivity contribution is 5.52. The molecule has 0 amide bonds. The highest BCUT2D eigenvalue weighted by Gasteiger charge is 2.39. The van der Waals surface area contributed by atoms with Gasteiger partial charge in [-0.1, -0.05) is 24.6 Å². The molecular weight excluding hydrogens is 234 g/mol. The molecule has 3 heteroatoms. The lowest BCUT2D eigenvalue weighted by atomic mass is 9.87. The summed E-state index contributed by atoms with van der Waals surface area (Å²) in [6.07, 6.45) is 4.02. The van der Waals surface area contributed by atoms with Crippen molar-refractivity contribution >= 4 is 5.69 Å². The van der Waals surface area contributed by atoms with Gasteiger partial charge in [0, 0.05) is 19.3 Å². The molecule has 3 nitrogen and oxygen atoms in total. The molecule has 1 aliphatic carbocycles. The Hall–Kier alpha value is -1.53. The average molecular weight is 257 g/mol. The van der Waals surface area contributed by atoms with Gasteiger partial charge in [0.1, 0.15) is 5.54 Å². The van der Waals surface area contributed by atoms with Crippen LogP contribution in [0.2, 0.25) is 0 Å². The van der Waals surface area contributed by atoms with Crippen LogP contribution in [0.1, 0.15) is 31.2 Å². The van der Waals surface area contributed by atoms with E-state index in [1.165, 1.54) is 11.3 Å². The van der Waals surface area contributed by atoms with E-state index in [0.717, 1.165) is 32.2 Å². The monoisotopic (exact) mass is 257 g/mol. The lowest BCUT2D eigenvalue weighted by molar-refractivity contribution is 0.376. The van der Waals surface area contributed by atoms with Crippen molar-refractivity contribution in [3.63, 3.8) is 0 Å². The number of benzene rings is 1. The number of nitrogens with two attached hydrogens (primary N) is 1. The highest BCUT2D eigenvalue weighted by Crippen LogP contribution is 2.35. The van der Waals surface area contributed by atoms with Crippen molar-refractivity contribution in [3.8, 4) is 6.07 Å². The Kier molecular flexibility index (Phi) is 4.11. The lowest BCUT2D eigenvalue weighted by Gasteiger charge is -2.27. The fourth-order valence-electron chi connectivity index (χ4n) is 3.11. The van der Waals surface area contributed by atoms with Crippen molar-refractivity contribution < 1.29 is 0 Å². The van der Waals surface area contributed by atoms with Gasteiger partial charge in [0.05, 0.1) is 6.07 Å². The minimum absolute atomic E-state index is 0.337. The number of hydrogen-bond donors (Lipinski definition) is 1. The number of hydrogen-bond acceptors (Lipinski definition) is 3. The third-order valence-corrected chi connectivity index (χ3v) is 4.42.